The van der Waals surface area contributed by atoms with Gasteiger partial charge < -0.3 is 25.2 Å². The Morgan fingerprint density at radius 2 is 1.73 bits per heavy atom. The van der Waals surface area contributed by atoms with Crippen LogP contribution >= 0.6 is 0 Å². The second-order valence-corrected chi connectivity index (χ2v) is 10.9. The van der Waals surface area contributed by atoms with Gasteiger partial charge in [0, 0.05) is 43.3 Å². The molecule has 2 fully saturated rings. The highest BCUT2D eigenvalue weighted by Gasteiger charge is 2.34. The summed E-state index contributed by atoms with van der Waals surface area (Å²) in [6.45, 7) is 6.10. The van der Waals surface area contributed by atoms with Gasteiger partial charge in [0.2, 0.25) is 0 Å². The molecule has 2 amide bonds. The quantitative estimate of drug-likeness (QED) is 0.236. The first kappa shape index (κ1) is 29.0. The second-order valence-electron chi connectivity index (χ2n) is 10.9. The number of ether oxygens (including phenoxy) is 2. The molecule has 5 rings (SSSR count). The van der Waals surface area contributed by atoms with E-state index in [1.807, 2.05) is 84.9 Å². The van der Waals surface area contributed by atoms with Crippen molar-refractivity contribution in [2.24, 2.45) is 0 Å². The molecule has 0 bridgehead atoms. The van der Waals surface area contributed by atoms with Crippen LogP contribution in [0.15, 0.2) is 91.5 Å². The number of nitrogens with zero attached hydrogens (tertiary/aromatic N) is 1. The van der Waals surface area contributed by atoms with Crippen LogP contribution in [0.4, 0.5) is 10.5 Å². The van der Waals surface area contributed by atoms with Crippen LogP contribution in [-0.2, 0) is 22.6 Å². The monoisotopic (exact) mass is 555 g/mol. The van der Waals surface area contributed by atoms with Crippen LogP contribution in [-0.4, -0.2) is 41.3 Å². The van der Waals surface area contributed by atoms with Crippen LogP contribution in [0, 0.1) is 0 Å². The smallest absolute Gasteiger partial charge is 0.319 e. The Morgan fingerprint density at radius 3 is 2.46 bits per heavy atom. The Kier molecular flexibility index (Phi) is 10.2. The lowest BCUT2D eigenvalue weighted by atomic mass is 9.99. The van der Waals surface area contributed by atoms with Crippen molar-refractivity contribution in [2.75, 3.05) is 18.4 Å². The van der Waals surface area contributed by atoms with Crippen molar-refractivity contribution in [3.63, 3.8) is 0 Å². The largest absolute Gasteiger partial charge is 0.392 e. The molecule has 3 N–H and O–H groups in total. The highest BCUT2D eigenvalue weighted by Crippen LogP contribution is 2.39. The number of hydrogen-bond acceptors (Lipinski definition) is 5. The van der Waals surface area contributed by atoms with E-state index >= 15 is 0 Å². The lowest BCUT2D eigenvalue weighted by Crippen LogP contribution is -2.43. The van der Waals surface area contributed by atoms with Gasteiger partial charge in [0.15, 0.2) is 6.29 Å². The van der Waals surface area contributed by atoms with Crippen LogP contribution in [0.1, 0.15) is 66.8 Å². The number of amides is 2. The number of anilines is 1. The van der Waals surface area contributed by atoms with E-state index in [1.165, 1.54) is 25.7 Å². The van der Waals surface area contributed by atoms with Crippen molar-refractivity contribution < 1.29 is 19.4 Å². The van der Waals surface area contributed by atoms with Crippen molar-refractivity contribution in [3.8, 4) is 0 Å². The molecule has 1 heterocycles. The molecule has 7 heteroatoms. The molecule has 216 valence electrons. The predicted octanol–water partition coefficient (Wildman–Crippen LogP) is 6.48. The molecule has 3 atom stereocenters. The van der Waals surface area contributed by atoms with Gasteiger partial charge in [-0.05, 0) is 41.7 Å². The van der Waals surface area contributed by atoms with Crippen molar-refractivity contribution in [2.45, 2.75) is 69.8 Å². The molecule has 1 aliphatic heterocycles. The number of nitrogens with one attached hydrogen (secondary N) is 2. The van der Waals surface area contributed by atoms with E-state index in [0.717, 1.165) is 41.8 Å². The standard InChI is InChI=1S/C34H41N3O4/c1-2-19-37(30-13-6-7-14-30)23-31-21-32(27-17-15-26(24-38)16-18-27)41-33(40-31)28-11-8-12-29(20-28)36-34(39)35-22-25-9-4-3-5-10-25/h2-5,8-12,15-18,20,30-33,38H,1,6-7,13-14,19,21-24H2,(H2,35,36,39)/t31-,32+,33+/m0/s1. The second kappa shape index (κ2) is 14.4. The van der Waals surface area contributed by atoms with Gasteiger partial charge in [0.05, 0.1) is 18.8 Å². The number of urea groups is 1. The van der Waals surface area contributed by atoms with Gasteiger partial charge in [0.25, 0.3) is 0 Å². The molecular formula is C34H41N3O4. The van der Waals surface area contributed by atoms with Crippen molar-refractivity contribution in [1.29, 1.82) is 0 Å². The Balaban J connectivity index is 1.31. The lowest BCUT2D eigenvalue weighted by molar-refractivity contribution is -0.253. The summed E-state index contributed by atoms with van der Waals surface area (Å²) in [5, 5.41) is 15.4. The molecule has 3 aromatic rings. The van der Waals surface area contributed by atoms with Crippen molar-refractivity contribution in [3.05, 3.63) is 114 Å². The van der Waals surface area contributed by atoms with Gasteiger partial charge in [-0.25, -0.2) is 4.79 Å². The summed E-state index contributed by atoms with van der Waals surface area (Å²) in [5.74, 6) is 0. The zero-order valence-corrected chi connectivity index (χ0v) is 23.6. The van der Waals surface area contributed by atoms with Crippen LogP contribution in [0.5, 0.6) is 0 Å². The molecule has 0 radical (unpaired) electrons. The summed E-state index contributed by atoms with van der Waals surface area (Å²) in [6, 6.07) is 25.7. The van der Waals surface area contributed by atoms with E-state index in [9.17, 15) is 9.90 Å². The number of carbonyl (C=O) groups is 1. The van der Waals surface area contributed by atoms with E-state index in [0.29, 0.717) is 18.3 Å². The Labute approximate surface area is 243 Å². The van der Waals surface area contributed by atoms with Gasteiger partial charge in [-0.1, -0.05) is 85.6 Å². The topological polar surface area (TPSA) is 83.1 Å². The molecule has 41 heavy (non-hydrogen) atoms. The number of rotatable bonds is 11. The summed E-state index contributed by atoms with van der Waals surface area (Å²) in [5.41, 5.74) is 4.49. The number of benzene rings is 3. The summed E-state index contributed by atoms with van der Waals surface area (Å²) in [7, 11) is 0. The van der Waals surface area contributed by atoms with Gasteiger partial charge in [-0.3, -0.25) is 4.90 Å². The third-order valence-electron chi connectivity index (χ3n) is 7.97. The number of hydrogen-bond donors (Lipinski definition) is 3. The highest BCUT2D eigenvalue weighted by molar-refractivity contribution is 5.89. The fraction of sp³-hybridized carbons (Fsp3) is 0.382. The zero-order chi connectivity index (χ0) is 28.4. The minimum absolute atomic E-state index is 0.0107. The number of aliphatic hydroxyl groups excluding tert-OH is 1. The lowest BCUT2D eigenvalue weighted by Gasteiger charge is -2.39. The predicted molar refractivity (Wildman–Crippen MR) is 161 cm³/mol. The number of aliphatic hydroxyl groups is 1. The van der Waals surface area contributed by atoms with E-state index in [4.69, 9.17) is 9.47 Å². The maximum atomic E-state index is 12.6. The van der Waals surface area contributed by atoms with Crippen LogP contribution in [0.3, 0.4) is 0 Å². The van der Waals surface area contributed by atoms with Crippen molar-refractivity contribution >= 4 is 11.7 Å². The normalized spacial score (nSPS) is 21.1. The van der Waals surface area contributed by atoms with E-state index < -0.39 is 6.29 Å². The molecular weight excluding hydrogens is 514 g/mol. The Morgan fingerprint density at radius 1 is 0.951 bits per heavy atom. The average molecular weight is 556 g/mol. The van der Waals surface area contributed by atoms with Crippen LogP contribution < -0.4 is 10.6 Å². The van der Waals surface area contributed by atoms with Gasteiger partial charge >= 0.3 is 6.03 Å². The first-order valence-electron chi connectivity index (χ1n) is 14.7. The molecule has 2 aliphatic rings. The van der Waals surface area contributed by atoms with E-state index in [1.54, 1.807) is 0 Å². The first-order valence-corrected chi connectivity index (χ1v) is 14.7. The fourth-order valence-corrected chi connectivity index (χ4v) is 5.82. The summed E-state index contributed by atoms with van der Waals surface area (Å²) in [6.07, 6.45) is 6.91. The molecule has 1 aliphatic carbocycles. The molecule has 0 aromatic heterocycles. The van der Waals surface area contributed by atoms with Gasteiger partial charge in [0.1, 0.15) is 0 Å². The van der Waals surface area contributed by atoms with Gasteiger partial charge in [-0.2, -0.15) is 0 Å². The van der Waals surface area contributed by atoms with E-state index in [-0.39, 0.29) is 24.8 Å². The zero-order valence-electron chi connectivity index (χ0n) is 23.6. The molecule has 7 nitrogen and oxygen atoms in total. The summed E-state index contributed by atoms with van der Waals surface area (Å²) in [4.78, 5) is 15.1. The fourth-order valence-electron chi connectivity index (χ4n) is 5.82. The summed E-state index contributed by atoms with van der Waals surface area (Å²) >= 11 is 0. The number of carbonyl (C=O) groups excluding carboxylic acids is 1. The Hall–Kier alpha value is -3.49. The molecule has 3 aromatic carbocycles. The average Bonchev–Trinajstić information content (AvgIpc) is 3.56. The summed E-state index contributed by atoms with van der Waals surface area (Å²) < 4.78 is 13.1. The molecule has 0 unspecified atom stereocenters. The first-order chi connectivity index (χ1) is 20.1. The molecule has 1 saturated carbocycles. The minimum atomic E-state index is -0.584. The minimum Gasteiger partial charge on any atom is -0.392 e. The third-order valence-corrected chi connectivity index (χ3v) is 7.97. The SMILES string of the molecule is C=CCN(C[C@@H]1C[C@H](c2ccc(CO)cc2)O[C@H](c2cccc(NC(=O)NCc3ccccc3)c2)O1)C1CCCC1. The maximum Gasteiger partial charge on any atom is 0.319 e. The van der Waals surface area contributed by atoms with E-state index in [2.05, 4.69) is 22.1 Å². The third kappa shape index (κ3) is 8.05. The molecule has 0 spiro atoms. The maximum absolute atomic E-state index is 12.6. The highest BCUT2D eigenvalue weighted by atomic mass is 16.7. The molecule has 1 saturated heterocycles. The van der Waals surface area contributed by atoms with Gasteiger partial charge in [-0.15, -0.1) is 6.58 Å². The van der Waals surface area contributed by atoms with Crippen molar-refractivity contribution in [1.82, 2.24) is 10.2 Å². The van der Waals surface area contributed by atoms with Crippen LogP contribution in [0.25, 0.3) is 0 Å². The van der Waals surface area contributed by atoms with Crippen LogP contribution in [0.2, 0.25) is 0 Å². The Bertz CT molecular complexity index is 1260.